The van der Waals surface area contributed by atoms with Gasteiger partial charge in [0.05, 0.1) is 23.1 Å². The molecule has 70 heavy (non-hydrogen) atoms. The normalized spacial score (nSPS) is 14.3. The van der Waals surface area contributed by atoms with Crippen LogP contribution in [0.1, 0.15) is 19.3 Å². The molecule has 0 amide bonds. The fourth-order valence-corrected chi connectivity index (χ4v) is 10.5. The van der Waals surface area contributed by atoms with Crippen molar-refractivity contribution in [2.45, 2.75) is 25.3 Å². The molecule has 0 radical (unpaired) electrons. The van der Waals surface area contributed by atoms with Gasteiger partial charge in [-0.05, 0) is 139 Å². The Bertz CT molecular complexity index is 3410. The van der Waals surface area contributed by atoms with Crippen molar-refractivity contribution < 1.29 is 0 Å². The molecule has 0 aliphatic heterocycles. The molecule has 0 N–H and O–H groups in total. The van der Waals surface area contributed by atoms with Crippen LogP contribution < -0.4 is 19.6 Å². The second-order valence-corrected chi connectivity index (χ2v) is 18.0. The lowest BCUT2D eigenvalue weighted by atomic mass is 9.99. The highest BCUT2D eigenvalue weighted by Crippen LogP contribution is 2.44. The number of hydrogen-bond acceptors (Lipinski definition) is 4. The maximum atomic E-state index is 2.51. The van der Waals surface area contributed by atoms with Gasteiger partial charge in [-0.1, -0.05) is 170 Å². The Balaban J connectivity index is 0.954. The van der Waals surface area contributed by atoms with Crippen molar-refractivity contribution in [1.82, 2.24) is 0 Å². The number of nitrogens with zero attached hydrogens (tertiary/aromatic N) is 4. The van der Waals surface area contributed by atoms with Gasteiger partial charge in [0.1, 0.15) is 0 Å². The average molecular weight is 901 g/mol. The monoisotopic (exact) mass is 900 g/mol. The summed E-state index contributed by atoms with van der Waals surface area (Å²) < 4.78 is 0. The Kier molecular flexibility index (Phi) is 11.6. The SMILES string of the molecule is C1=CCCC(N(C2=CCC(N(c3ccc(N(c4ccccc4)c4cccc5ccccc45)cc3)c3ccc(N(c4ccccc4)c4cccc5ccccc45)cc3)C=C2)c2cccc3ccccc23)=C1. The van der Waals surface area contributed by atoms with Gasteiger partial charge in [0.15, 0.2) is 0 Å². The second kappa shape index (κ2) is 19.0. The molecule has 1 unspecified atom stereocenters. The average Bonchev–Trinajstić information content (AvgIpc) is 3.43. The summed E-state index contributed by atoms with van der Waals surface area (Å²) in [5, 5.41) is 7.33. The standard InChI is InChI=1S/C66H52N4/c1-4-25-52(26-5-1)68(64-34-16-22-49-19-10-13-31-61(49)64)58-43-37-55(38-44-58)67(56-39-45-59(46-40-56)69(53-27-6-2-7-28-53)65-35-17-23-50-20-11-14-32-62(50)65)57-41-47-60(48-42-57)70(54-29-8-3-9-30-54)66-36-18-24-51-21-12-15-33-63(51)66/h1-8,10-29,31-41,43-48,57H,9,30,42H2. The Hall–Kier alpha value is -8.86. The third-order valence-corrected chi connectivity index (χ3v) is 13.8. The van der Waals surface area contributed by atoms with E-state index < -0.39 is 0 Å². The molecular formula is C66H52N4. The Morgan fingerprint density at radius 1 is 0.357 bits per heavy atom. The van der Waals surface area contributed by atoms with Crippen molar-refractivity contribution in [3.05, 3.63) is 284 Å². The number of hydrogen-bond donors (Lipinski definition) is 0. The topological polar surface area (TPSA) is 13.0 Å². The number of fused-ring (bicyclic) bond motifs is 3. The highest BCUT2D eigenvalue weighted by Gasteiger charge is 2.26. The van der Waals surface area contributed by atoms with Crippen LogP contribution >= 0.6 is 0 Å². The summed E-state index contributed by atoms with van der Waals surface area (Å²) in [5.41, 5.74) is 12.6. The van der Waals surface area contributed by atoms with E-state index in [0.29, 0.717) is 0 Å². The zero-order valence-electron chi connectivity index (χ0n) is 39.0. The lowest BCUT2D eigenvalue weighted by molar-refractivity contribution is 0.772. The van der Waals surface area contributed by atoms with Gasteiger partial charge in [-0.3, -0.25) is 0 Å². The first kappa shape index (κ1) is 42.5. The number of para-hydroxylation sites is 2. The number of anilines is 9. The van der Waals surface area contributed by atoms with Crippen LogP contribution in [0.3, 0.4) is 0 Å². The minimum Gasteiger partial charge on any atom is -0.334 e. The zero-order valence-corrected chi connectivity index (χ0v) is 39.0. The summed E-state index contributed by atoms with van der Waals surface area (Å²) in [5.74, 6) is 0. The second-order valence-electron chi connectivity index (χ2n) is 18.0. The first-order valence-electron chi connectivity index (χ1n) is 24.4. The van der Waals surface area contributed by atoms with E-state index in [1.165, 1.54) is 49.4 Å². The van der Waals surface area contributed by atoms with E-state index in [2.05, 4.69) is 293 Å². The number of rotatable bonds is 12. The van der Waals surface area contributed by atoms with E-state index in [9.17, 15) is 0 Å². The van der Waals surface area contributed by atoms with Crippen molar-refractivity contribution >= 4 is 83.5 Å². The summed E-state index contributed by atoms with van der Waals surface area (Å²) in [6.45, 7) is 0. The summed E-state index contributed by atoms with van der Waals surface area (Å²) in [4.78, 5) is 9.76. The van der Waals surface area contributed by atoms with Crippen LogP contribution in [0.2, 0.25) is 0 Å². The van der Waals surface area contributed by atoms with Crippen molar-refractivity contribution in [2.75, 3.05) is 19.6 Å². The first-order chi connectivity index (χ1) is 34.7. The summed E-state index contributed by atoms with van der Waals surface area (Å²) in [6.07, 6.45) is 16.8. The zero-order chi connectivity index (χ0) is 46.6. The molecule has 0 heterocycles. The van der Waals surface area contributed by atoms with Gasteiger partial charge in [-0.25, -0.2) is 0 Å². The van der Waals surface area contributed by atoms with Crippen LogP contribution in [0.4, 0.5) is 51.2 Å². The molecule has 4 heteroatoms. The van der Waals surface area contributed by atoms with Crippen LogP contribution in [0.25, 0.3) is 32.3 Å². The van der Waals surface area contributed by atoms with E-state index in [0.717, 1.165) is 64.8 Å². The molecule has 0 bridgehead atoms. The fourth-order valence-electron chi connectivity index (χ4n) is 10.5. The lowest BCUT2D eigenvalue weighted by Gasteiger charge is -2.36. The third kappa shape index (κ3) is 8.20. The molecule has 0 fully saturated rings. The molecule has 0 spiro atoms. The highest BCUT2D eigenvalue weighted by atomic mass is 15.2. The van der Waals surface area contributed by atoms with Crippen LogP contribution in [0.15, 0.2) is 284 Å². The Labute approximate surface area is 410 Å². The Morgan fingerprint density at radius 3 is 1.19 bits per heavy atom. The van der Waals surface area contributed by atoms with Gasteiger partial charge in [0.25, 0.3) is 0 Å². The maximum absolute atomic E-state index is 2.51. The van der Waals surface area contributed by atoms with Crippen molar-refractivity contribution in [1.29, 1.82) is 0 Å². The predicted molar refractivity (Wildman–Crippen MR) is 298 cm³/mol. The molecule has 10 aromatic carbocycles. The quantitative estimate of drug-likeness (QED) is 0.121. The smallest absolute Gasteiger partial charge is 0.0561 e. The molecule has 4 nitrogen and oxygen atoms in total. The third-order valence-electron chi connectivity index (χ3n) is 13.8. The van der Waals surface area contributed by atoms with E-state index >= 15 is 0 Å². The van der Waals surface area contributed by atoms with E-state index in [1.807, 2.05) is 0 Å². The van der Waals surface area contributed by atoms with E-state index in [-0.39, 0.29) is 6.04 Å². The molecule has 1 atom stereocenters. The van der Waals surface area contributed by atoms with Gasteiger partial charge in [0.2, 0.25) is 0 Å². The lowest BCUT2D eigenvalue weighted by Crippen LogP contribution is -2.32. The molecule has 336 valence electrons. The van der Waals surface area contributed by atoms with Crippen LogP contribution in [-0.2, 0) is 0 Å². The molecule has 0 saturated heterocycles. The van der Waals surface area contributed by atoms with Gasteiger partial charge >= 0.3 is 0 Å². The van der Waals surface area contributed by atoms with Crippen LogP contribution in [0.5, 0.6) is 0 Å². The van der Waals surface area contributed by atoms with Gasteiger partial charge in [-0.15, -0.1) is 0 Å². The number of benzene rings is 10. The first-order valence-corrected chi connectivity index (χ1v) is 24.4. The molecule has 0 saturated carbocycles. The molecule has 12 rings (SSSR count). The summed E-state index contributed by atoms with van der Waals surface area (Å²) in [7, 11) is 0. The predicted octanol–water partition coefficient (Wildman–Crippen LogP) is 18.2. The van der Waals surface area contributed by atoms with Crippen molar-refractivity contribution in [3.8, 4) is 0 Å². The number of allylic oxidation sites excluding steroid dienone is 5. The minimum atomic E-state index is 0.0432. The van der Waals surface area contributed by atoms with Crippen molar-refractivity contribution in [3.63, 3.8) is 0 Å². The van der Waals surface area contributed by atoms with Gasteiger partial charge in [0, 0.05) is 61.7 Å². The summed E-state index contributed by atoms with van der Waals surface area (Å²) in [6, 6.07) is 85.6. The van der Waals surface area contributed by atoms with Gasteiger partial charge < -0.3 is 19.6 Å². The molecule has 2 aliphatic carbocycles. The highest BCUT2D eigenvalue weighted by molar-refractivity contribution is 6.01. The van der Waals surface area contributed by atoms with Crippen LogP contribution in [-0.4, -0.2) is 6.04 Å². The largest absolute Gasteiger partial charge is 0.334 e. The van der Waals surface area contributed by atoms with E-state index in [4.69, 9.17) is 0 Å². The van der Waals surface area contributed by atoms with Crippen molar-refractivity contribution in [2.24, 2.45) is 0 Å². The van der Waals surface area contributed by atoms with Crippen LogP contribution in [0, 0.1) is 0 Å². The fraction of sp³-hybridized carbons (Fsp3) is 0.0606. The maximum Gasteiger partial charge on any atom is 0.0561 e. The summed E-state index contributed by atoms with van der Waals surface area (Å²) >= 11 is 0. The minimum absolute atomic E-state index is 0.0432. The Morgan fingerprint density at radius 2 is 0.757 bits per heavy atom. The molecule has 10 aromatic rings. The van der Waals surface area contributed by atoms with Gasteiger partial charge in [-0.2, -0.15) is 0 Å². The molecule has 2 aliphatic rings. The molecule has 0 aromatic heterocycles. The van der Waals surface area contributed by atoms with E-state index in [1.54, 1.807) is 0 Å². The molecular weight excluding hydrogens is 849 g/mol.